The summed E-state index contributed by atoms with van der Waals surface area (Å²) in [5.41, 5.74) is 1.43. The van der Waals surface area contributed by atoms with Gasteiger partial charge in [-0.1, -0.05) is 160 Å². The zero-order chi connectivity index (χ0) is 26.9. The zero-order valence-electron chi connectivity index (χ0n) is 25.6. The second-order valence-corrected chi connectivity index (χ2v) is 11.8. The van der Waals surface area contributed by atoms with Gasteiger partial charge in [0.25, 0.3) is 5.82 Å². The Kier molecular flexibility index (Phi) is 20.0. The molecule has 0 saturated heterocycles. The summed E-state index contributed by atoms with van der Waals surface area (Å²) in [5, 5.41) is 0. The number of hydrogen-bond acceptors (Lipinski definition) is 0. The lowest BCUT2D eigenvalue weighted by Gasteiger charge is -2.07. The van der Waals surface area contributed by atoms with Crippen molar-refractivity contribution in [2.75, 3.05) is 0 Å². The van der Waals surface area contributed by atoms with Gasteiger partial charge < -0.3 is 0 Å². The molecule has 0 spiro atoms. The average Bonchev–Trinajstić information content (AvgIpc) is 3.31. The average molecular weight is 524 g/mol. The van der Waals surface area contributed by atoms with Gasteiger partial charge in [0.1, 0.15) is 12.4 Å². The molecule has 0 aliphatic carbocycles. The van der Waals surface area contributed by atoms with E-state index in [2.05, 4.69) is 65.7 Å². The molecule has 0 aliphatic heterocycles. The Hall–Kier alpha value is -1.57. The van der Waals surface area contributed by atoms with Gasteiger partial charge in [0, 0.05) is 0 Å². The predicted molar refractivity (Wildman–Crippen MR) is 167 cm³/mol. The van der Waals surface area contributed by atoms with Crippen molar-refractivity contribution >= 4 is 0 Å². The Labute approximate surface area is 237 Å². The number of aryl methyl sites for hydroxylation is 2. The Morgan fingerprint density at radius 2 is 0.974 bits per heavy atom. The van der Waals surface area contributed by atoms with E-state index < -0.39 is 0 Å². The molecule has 0 unspecified atom stereocenters. The Balaban J connectivity index is 1.58. The highest BCUT2D eigenvalue weighted by Crippen LogP contribution is 2.15. The SMILES string of the molecule is CCCCCCCCCCCCCCCCCC[n+]1ccn(CCCCCCCC)c1Cc1ccccc1. The van der Waals surface area contributed by atoms with Crippen molar-refractivity contribution in [2.24, 2.45) is 0 Å². The van der Waals surface area contributed by atoms with Crippen molar-refractivity contribution in [3.8, 4) is 0 Å². The van der Waals surface area contributed by atoms with Gasteiger partial charge in [0.2, 0.25) is 0 Å². The first-order valence-electron chi connectivity index (χ1n) is 17.0. The second-order valence-electron chi connectivity index (χ2n) is 11.8. The first kappa shape index (κ1) is 32.6. The Morgan fingerprint density at radius 1 is 0.526 bits per heavy atom. The van der Waals surface area contributed by atoms with E-state index in [1.165, 1.54) is 166 Å². The van der Waals surface area contributed by atoms with E-state index in [9.17, 15) is 0 Å². The molecule has 2 nitrogen and oxygen atoms in total. The van der Waals surface area contributed by atoms with Crippen LogP contribution >= 0.6 is 0 Å². The molecule has 0 bridgehead atoms. The molecule has 2 aromatic rings. The van der Waals surface area contributed by atoms with Crippen LogP contribution in [0.3, 0.4) is 0 Å². The van der Waals surface area contributed by atoms with E-state index in [0.717, 1.165) is 6.42 Å². The zero-order valence-corrected chi connectivity index (χ0v) is 25.6. The molecule has 0 amide bonds. The molecule has 2 heteroatoms. The molecule has 0 N–H and O–H groups in total. The van der Waals surface area contributed by atoms with E-state index in [1.807, 2.05) is 0 Å². The number of benzene rings is 1. The molecule has 1 aromatic carbocycles. The smallest absolute Gasteiger partial charge is 0.234 e. The molecule has 38 heavy (non-hydrogen) atoms. The number of unbranched alkanes of at least 4 members (excludes halogenated alkanes) is 20. The maximum Gasteiger partial charge on any atom is 0.260 e. The predicted octanol–water partition coefficient (Wildman–Crippen LogP) is 11.0. The lowest BCUT2D eigenvalue weighted by atomic mass is 10.0. The van der Waals surface area contributed by atoms with Crippen molar-refractivity contribution in [3.05, 3.63) is 54.1 Å². The molecule has 1 aromatic heterocycles. The normalized spacial score (nSPS) is 11.4. The van der Waals surface area contributed by atoms with Gasteiger partial charge in [0.15, 0.2) is 0 Å². The molecular weight excluding hydrogens is 460 g/mol. The minimum atomic E-state index is 1.04. The fourth-order valence-electron chi connectivity index (χ4n) is 5.78. The van der Waals surface area contributed by atoms with Crippen LogP contribution in [0, 0.1) is 0 Å². The monoisotopic (exact) mass is 523 g/mol. The topological polar surface area (TPSA) is 8.81 Å². The van der Waals surface area contributed by atoms with E-state index >= 15 is 0 Å². The van der Waals surface area contributed by atoms with E-state index in [1.54, 1.807) is 0 Å². The van der Waals surface area contributed by atoms with Gasteiger partial charge in [-0.15, -0.1) is 0 Å². The van der Waals surface area contributed by atoms with Gasteiger partial charge >= 0.3 is 0 Å². The number of imidazole rings is 1. The van der Waals surface area contributed by atoms with Crippen molar-refractivity contribution < 1.29 is 4.57 Å². The maximum absolute atomic E-state index is 2.55. The first-order valence-corrected chi connectivity index (χ1v) is 17.0. The number of nitrogens with zero attached hydrogens (tertiary/aromatic N) is 2. The molecule has 216 valence electrons. The van der Waals surface area contributed by atoms with E-state index in [-0.39, 0.29) is 0 Å². The summed E-state index contributed by atoms with van der Waals surface area (Å²) in [6, 6.07) is 11.0. The van der Waals surface area contributed by atoms with E-state index in [4.69, 9.17) is 0 Å². The van der Waals surface area contributed by atoms with Crippen molar-refractivity contribution in [1.29, 1.82) is 0 Å². The Morgan fingerprint density at radius 3 is 1.47 bits per heavy atom. The molecule has 0 fully saturated rings. The van der Waals surface area contributed by atoms with Crippen LogP contribution in [-0.4, -0.2) is 4.57 Å². The first-order chi connectivity index (χ1) is 18.8. The highest BCUT2D eigenvalue weighted by atomic mass is 15.1. The minimum absolute atomic E-state index is 1.04. The van der Waals surface area contributed by atoms with Gasteiger partial charge in [0.05, 0.1) is 19.5 Å². The van der Waals surface area contributed by atoms with Crippen LogP contribution in [0.5, 0.6) is 0 Å². The van der Waals surface area contributed by atoms with Gasteiger partial charge in [-0.3, -0.25) is 0 Å². The van der Waals surface area contributed by atoms with Gasteiger partial charge in [-0.25, -0.2) is 9.13 Å². The molecule has 0 atom stereocenters. The van der Waals surface area contributed by atoms with Crippen molar-refractivity contribution in [1.82, 2.24) is 4.57 Å². The molecule has 0 radical (unpaired) electrons. The third-order valence-corrected chi connectivity index (χ3v) is 8.30. The van der Waals surface area contributed by atoms with E-state index in [0.29, 0.717) is 0 Å². The highest BCUT2D eigenvalue weighted by Gasteiger charge is 2.17. The fraction of sp³-hybridized carbons (Fsp3) is 0.750. The minimum Gasteiger partial charge on any atom is -0.234 e. The van der Waals surface area contributed by atoms with Crippen molar-refractivity contribution in [2.45, 2.75) is 175 Å². The molecule has 2 rings (SSSR count). The maximum atomic E-state index is 2.55. The molecule has 1 heterocycles. The van der Waals surface area contributed by atoms with Crippen LogP contribution in [0.15, 0.2) is 42.7 Å². The summed E-state index contributed by atoms with van der Waals surface area (Å²) < 4.78 is 5.09. The van der Waals surface area contributed by atoms with Crippen LogP contribution in [-0.2, 0) is 19.5 Å². The van der Waals surface area contributed by atoms with Crippen LogP contribution in [0.2, 0.25) is 0 Å². The molecule has 0 aliphatic rings. The summed E-state index contributed by atoms with van der Waals surface area (Å²) in [4.78, 5) is 0. The van der Waals surface area contributed by atoms with Crippen LogP contribution < -0.4 is 4.57 Å². The number of aromatic nitrogens is 2. The third kappa shape index (κ3) is 15.7. The Bertz CT molecular complexity index is 763. The number of rotatable bonds is 26. The van der Waals surface area contributed by atoms with Crippen molar-refractivity contribution in [3.63, 3.8) is 0 Å². The lowest BCUT2D eigenvalue weighted by molar-refractivity contribution is -0.703. The van der Waals surface area contributed by atoms with Crippen LogP contribution in [0.4, 0.5) is 0 Å². The molecule has 0 saturated carbocycles. The summed E-state index contributed by atoms with van der Waals surface area (Å²) in [6.07, 6.45) is 36.8. The summed E-state index contributed by atoms with van der Waals surface area (Å²) in [5.74, 6) is 1.49. The summed E-state index contributed by atoms with van der Waals surface area (Å²) in [6.45, 7) is 6.94. The quantitative estimate of drug-likeness (QED) is 0.0856. The number of hydrogen-bond donors (Lipinski definition) is 0. The van der Waals surface area contributed by atoms with Crippen LogP contribution in [0.25, 0.3) is 0 Å². The lowest BCUT2D eigenvalue weighted by Crippen LogP contribution is -2.37. The van der Waals surface area contributed by atoms with Gasteiger partial charge in [-0.2, -0.15) is 0 Å². The highest BCUT2D eigenvalue weighted by molar-refractivity contribution is 5.18. The summed E-state index contributed by atoms with van der Waals surface area (Å²) >= 11 is 0. The van der Waals surface area contributed by atoms with Gasteiger partial charge in [-0.05, 0) is 31.2 Å². The second kappa shape index (κ2) is 23.3. The summed E-state index contributed by atoms with van der Waals surface area (Å²) in [7, 11) is 0. The third-order valence-electron chi connectivity index (χ3n) is 8.30. The van der Waals surface area contributed by atoms with Crippen LogP contribution in [0.1, 0.15) is 166 Å². The largest absolute Gasteiger partial charge is 0.260 e. The fourth-order valence-corrected chi connectivity index (χ4v) is 5.78. The standard InChI is InChI=1S/C36H63N2/c1-3-5-7-9-11-12-13-14-15-16-17-18-19-20-22-27-31-38-33-32-37(30-26-21-10-8-6-4-2)36(38)34-35-28-24-23-25-29-35/h23-25,28-29,32-33H,3-22,26-27,30-31,34H2,1-2H3/q+1. The molecular formula is C36H63N2+.